The number of benzene rings is 1. The summed E-state index contributed by atoms with van der Waals surface area (Å²) in [5, 5.41) is 19.6. The van der Waals surface area contributed by atoms with Crippen molar-refractivity contribution in [1.82, 2.24) is 20.8 Å². The van der Waals surface area contributed by atoms with E-state index in [1.807, 2.05) is 0 Å². The SMILES string of the molecule is O=C(NCCNC(=O)c1nc(C2CC2)no1)c1ccc(Cl)c([N+](=O)[O-])c1. The van der Waals surface area contributed by atoms with Crippen LogP contribution in [-0.2, 0) is 0 Å². The first kappa shape index (κ1) is 17.8. The van der Waals surface area contributed by atoms with Gasteiger partial charge in [-0.2, -0.15) is 4.98 Å². The maximum atomic E-state index is 12.0. The number of hydrogen-bond acceptors (Lipinski definition) is 7. The molecule has 1 aliphatic rings. The third-order valence-corrected chi connectivity index (χ3v) is 4.00. The highest BCUT2D eigenvalue weighted by atomic mass is 35.5. The van der Waals surface area contributed by atoms with Crippen molar-refractivity contribution in [3.63, 3.8) is 0 Å². The number of halogens is 1. The van der Waals surface area contributed by atoms with Crippen LogP contribution in [0.1, 0.15) is 45.6 Å². The number of rotatable bonds is 7. The van der Waals surface area contributed by atoms with Crippen LogP contribution in [0.15, 0.2) is 22.7 Å². The van der Waals surface area contributed by atoms with Crippen molar-refractivity contribution >= 4 is 29.1 Å². The Morgan fingerprint density at radius 2 is 1.96 bits per heavy atom. The van der Waals surface area contributed by atoms with Gasteiger partial charge in [-0.15, -0.1) is 0 Å². The second-order valence-electron chi connectivity index (χ2n) is 5.67. The molecular weight excluding hydrogens is 366 g/mol. The minimum atomic E-state index is -0.667. The van der Waals surface area contributed by atoms with E-state index in [0.29, 0.717) is 5.82 Å². The average molecular weight is 380 g/mol. The van der Waals surface area contributed by atoms with Gasteiger partial charge in [0.25, 0.3) is 11.6 Å². The summed E-state index contributed by atoms with van der Waals surface area (Å²) < 4.78 is 4.89. The normalized spacial score (nSPS) is 13.3. The predicted octanol–water partition coefficient (Wildman–Crippen LogP) is 1.67. The molecule has 1 aliphatic carbocycles. The molecule has 0 spiro atoms. The number of nitrogens with one attached hydrogen (secondary N) is 2. The van der Waals surface area contributed by atoms with Gasteiger partial charge in [-0.25, -0.2) is 0 Å². The zero-order chi connectivity index (χ0) is 18.7. The smallest absolute Gasteiger partial charge is 0.315 e. The van der Waals surface area contributed by atoms with Crippen molar-refractivity contribution in [2.75, 3.05) is 13.1 Å². The van der Waals surface area contributed by atoms with Crippen molar-refractivity contribution in [2.45, 2.75) is 18.8 Å². The van der Waals surface area contributed by atoms with Crippen molar-refractivity contribution in [3.8, 4) is 0 Å². The van der Waals surface area contributed by atoms with Crippen LogP contribution in [0.25, 0.3) is 0 Å². The molecule has 0 atom stereocenters. The highest BCUT2D eigenvalue weighted by molar-refractivity contribution is 6.32. The zero-order valence-corrected chi connectivity index (χ0v) is 14.2. The van der Waals surface area contributed by atoms with Crippen LogP contribution in [-0.4, -0.2) is 40.0 Å². The maximum Gasteiger partial charge on any atom is 0.315 e. The number of nitro benzene ring substituents is 1. The van der Waals surface area contributed by atoms with E-state index < -0.39 is 16.7 Å². The first-order valence-electron chi connectivity index (χ1n) is 7.79. The van der Waals surface area contributed by atoms with E-state index in [1.54, 1.807) is 0 Å². The largest absolute Gasteiger partial charge is 0.350 e. The lowest BCUT2D eigenvalue weighted by molar-refractivity contribution is -0.384. The van der Waals surface area contributed by atoms with Gasteiger partial charge in [-0.05, 0) is 25.0 Å². The van der Waals surface area contributed by atoms with Crippen LogP contribution in [0.2, 0.25) is 5.02 Å². The van der Waals surface area contributed by atoms with Crippen LogP contribution in [0.3, 0.4) is 0 Å². The van der Waals surface area contributed by atoms with Gasteiger partial charge in [0.05, 0.1) is 4.92 Å². The molecule has 10 nitrogen and oxygen atoms in total. The Kier molecular flexibility index (Phi) is 5.12. The van der Waals surface area contributed by atoms with E-state index in [2.05, 4.69) is 20.8 Å². The molecule has 1 fully saturated rings. The van der Waals surface area contributed by atoms with Crippen LogP contribution in [0.5, 0.6) is 0 Å². The van der Waals surface area contributed by atoms with E-state index in [4.69, 9.17) is 16.1 Å². The Bertz CT molecular complexity index is 864. The van der Waals surface area contributed by atoms with Gasteiger partial charge < -0.3 is 15.2 Å². The Hall–Kier alpha value is -3.01. The lowest BCUT2D eigenvalue weighted by Gasteiger charge is -2.06. The van der Waals surface area contributed by atoms with Crippen molar-refractivity contribution in [3.05, 3.63) is 50.6 Å². The maximum absolute atomic E-state index is 12.0. The van der Waals surface area contributed by atoms with Gasteiger partial charge in [0.1, 0.15) is 5.02 Å². The Labute approximate surface area is 152 Å². The number of amides is 2. The fraction of sp³-hybridized carbons (Fsp3) is 0.333. The van der Waals surface area contributed by atoms with Gasteiger partial charge >= 0.3 is 11.8 Å². The van der Waals surface area contributed by atoms with Gasteiger partial charge in [-0.1, -0.05) is 16.8 Å². The molecule has 26 heavy (non-hydrogen) atoms. The summed E-state index contributed by atoms with van der Waals surface area (Å²) >= 11 is 5.70. The lowest BCUT2D eigenvalue weighted by Crippen LogP contribution is -2.34. The summed E-state index contributed by atoms with van der Waals surface area (Å²) in [5.41, 5.74) is -0.256. The summed E-state index contributed by atoms with van der Waals surface area (Å²) in [7, 11) is 0. The van der Waals surface area contributed by atoms with Crippen molar-refractivity contribution in [2.24, 2.45) is 0 Å². The molecule has 2 N–H and O–H groups in total. The summed E-state index contributed by atoms with van der Waals surface area (Å²) in [6, 6.07) is 3.75. The Balaban J connectivity index is 1.46. The summed E-state index contributed by atoms with van der Waals surface area (Å²) in [6.45, 7) is 0.242. The molecule has 1 aromatic heterocycles. The van der Waals surface area contributed by atoms with Crippen LogP contribution in [0.4, 0.5) is 5.69 Å². The molecule has 2 aromatic rings. The van der Waals surface area contributed by atoms with Gasteiger partial charge in [0, 0.05) is 30.6 Å². The molecule has 3 rings (SSSR count). The zero-order valence-electron chi connectivity index (χ0n) is 13.4. The minimum absolute atomic E-state index is 0.0519. The van der Waals surface area contributed by atoms with Gasteiger partial charge in [0.2, 0.25) is 0 Å². The highest BCUT2D eigenvalue weighted by Crippen LogP contribution is 2.38. The Morgan fingerprint density at radius 3 is 2.62 bits per heavy atom. The number of hydrogen-bond donors (Lipinski definition) is 2. The molecule has 0 unspecified atom stereocenters. The molecule has 2 amide bonds. The topological polar surface area (TPSA) is 140 Å². The van der Waals surface area contributed by atoms with E-state index in [1.165, 1.54) is 12.1 Å². The molecule has 0 saturated heterocycles. The number of carbonyl (C=O) groups excluding carboxylic acids is 2. The summed E-state index contributed by atoms with van der Waals surface area (Å²) in [4.78, 5) is 38.0. The highest BCUT2D eigenvalue weighted by Gasteiger charge is 2.29. The molecule has 1 aromatic carbocycles. The monoisotopic (exact) mass is 379 g/mol. The molecular formula is C15H14ClN5O5. The minimum Gasteiger partial charge on any atom is -0.350 e. The molecule has 11 heteroatoms. The number of carbonyl (C=O) groups is 2. The fourth-order valence-corrected chi connectivity index (χ4v) is 2.34. The Morgan fingerprint density at radius 1 is 1.27 bits per heavy atom. The second-order valence-corrected chi connectivity index (χ2v) is 6.07. The van der Waals surface area contributed by atoms with Crippen LogP contribution in [0, 0.1) is 10.1 Å². The molecule has 0 bridgehead atoms. The fourth-order valence-electron chi connectivity index (χ4n) is 2.16. The first-order valence-corrected chi connectivity index (χ1v) is 8.17. The molecule has 0 radical (unpaired) electrons. The quantitative estimate of drug-likeness (QED) is 0.423. The third kappa shape index (κ3) is 4.14. The van der Waals surface area contributed by atoms with E-state index in [-0.39, 0.29) is 41.2 Å². The van der Waals surface area contributed by atoms with Crippen LogP contribution >= 0.6 is 11.6 Å². The van der Waals surface area contributed by atoms with E-state index >= 15 is 0 Å². The number of nitro groups is 1. The van der Waals surface area contributed by atoms with Crippen molar-refractivity contribution < 1.29 is 19.0 Å². The molecule has 1 saturated carbocycles. The molecule has 0 aliphatic heterocycles. The van der Waals surface area contributed by atoms with Gasteiger partial charge in [-0.3, -0.25) is 19.7 Å². The first-order chi connectivity index (χ1) is 12.5. The van der Waals surface area contributed by atoms with E-state index in [9.17, 15) is 19.7 Å². The summed E-state index contributed by atoms with van der Waals surface area (Å²) in [6.07, 6.45) is 1.99. The summed E-state index contributed by atoms with van der Waals surface area (Å²) in [5.74, 6) is -0.351. The second kappa shape index (κ2) is 7.48. The number of nitrogens with zero attached hydrogens (tertiary/aromatic N) is 3. The van der Waals surface area contributed by atoms with E-state index in [0.717, 1.165) is 18.9 Å². The third-order valence-electron chi connectivity index (χ3n) is 3.68. The standard InChI is InChI=1S/C15H14ClN5O5/c16-10-4-3-9(7-11(10)21(24)25)13(22)17-5-6-18-14(23)15-19-12(20-26-15)8-1-2-8/h3-4,7-8H,1-2,5-6H2,(H,17,22)(H,18,23). The molecule has 136 valence electrons. The molecule has 1 heterocycles. The van der Waals surface area contributed by atoms with Gasteiger partial charge in [0.15, 0.2) is 5.82 Å². The number of aromatic nitrogens is 2. The lowest BCUT2D eigenvalue weighted by atomic mass is 10.2. The van der Waals surface area contributed by atoms with Crippen LogP contribution < -0.4 is 10.6 Å². The average Bonchev–Trinajstić information content (AvgIpc) is 3.35. The predicted molar refractivity (Wildman–Crippen MR) is 89.0 cm³/mol. The van der Waals surface area contributed by atoms with Crippen molar-refractivity contribution in [1.29, 1.82) is 0 Å².